The van der Waals surface area contributed by atoms with Crippen LogP contribution in [-0.2, 0) is 10.0 Å². The minimum atomic E-state index is -3.17. The zero-order valence-corrected chi connectivity index (χ0v) is 14.9. The number of sulfonamides is 1. The first-order valence-electron chi connectivity index (χ1n) is 7.68. The molecule has 2 aliphatic heterocycles. The molecule has 3 heterocycles. The highest BCUT2D eigenvalue weighted by atomic mass is 32.2. The topological polar surface area (TPSA) is 79.4 Å². The summed E-state index contributed by atoms with van der Waals surface area (Å²) in [6.07, 6.45) is 7.98. The van der Waals surface area contributed by atoms with Crippen LogP contribution in [-0.4, -0.2) is 54.3 Å². The van der Waals surface area contributed by atoms with Gasteiger partial charge in [0, 0.05) is 24.3 Å². The molecule has 2 bridgehead atoms. The van der Waals surface area contributed by atoms with Gasteiger partial charge in [-0.3, -0.25) is 4.79 Å². The van der Waals surface area contributed by atoms with Gasteiger partial charge in [0.25, 0.3) is 5.91 Å². The number of amides is 1. The Morgan fingerprint density at radius 3 is 2.57 bits per heavy atom. The fraction of sp³-hybridized carbons (Fsp3) is 0.600. The van der Waals surface area contributed by atoms with E-state index in [1.807, 2.05) is 6.26 Å². The first-order chi connectivity index (χ1) is 10.9. The molecule has 3 rings (SSSR count). The van der Waals surface area contributed by atoms with E-state index in [4.69, 9.17) is 0 Å². The zero-order valence-electron chi connectivity index (χ0n) is 13.2. The molecule has 0 aromatic carbocycles. The van der Waals surface area contributed by atoms with E-state index in [1.165, 1.54) is 18.0 Å². The second-order valence-corrected chi connectivity index (χ2v) is 8.86. The van der Waals surface area contributed by atoms with Crippen LogP contribution in [0.3, 0.4) is 0 Å². The maximum Gasteiger partial charge on any atom is 0.254 e. The molecule has 6 nitrogen and oxygen atoms in total. The highest BCUT2D eigenvalue weighted by Crippen LogP contribution is 2.37. The van der Waals surface area contributed by atoms with Crippen molar-refractivity contribution in [3.05, 3.63) is 23.9 Å². The molecule has 0 spiro atoms. The fourth-order valence-corrected chi connectivity index (χ4v) is 5.80. The lowest BCUT2D eigenvalue weighted by atomic mass is 9.99. The van der Waals surface area contributed by atoms with Crippen molar-refractivity contribution < 1.29 is 13.2 Å². The van der Waals surface area contributed by atoms with Gasteiger partial charge in [-0.05, 0) is 44.1 Å². The highest BCUT2D eigenvalue weighted by molar-refractivity contribution is 7.98. The molecule has 1 N–H and O–H groups in total. The van der Waals surface area contributed by atoms with E-state index in [1.54, 1.807) is 22.6 Å². The number of nitrogens with zero attached hydrogens (tertiary/aromatic N) is 2. The number of carbonyl (C=O) groups excluding carboxylic acids is 1. The van der Waals surface area contributed by atoms with Crippen molar-refractivity contribution in [3.63, 3.8) is 0 Å². The smallest absolute Gasteiger partial charge is 0.254 e. The molecule has 2 fully saturated rings. The van der Waals surface area contributed by atoms with Crippen LogP contribution in [0.4, 0.5) is 0 Å². The van der Waals surface area contributed by atoms with Gasteiger partial charge in [0.2, 0.25) is 10.0 Å². The van der Waals surface area contributed by atoms with Gasteiger partial charge in [0.15, 0.2) is 0 Å². The van der Waals surface area contributed by atoms with E-state index < -0.39 is 10.0 Å². The molecule has 2 aliphatic rings. The number of carbonyl (C=O) groups is 1. The van der Waals surface area contributed by atoms with Gasteiger partial charge in [0.05, 0.1) is 11.8 Å². The van der Waals surface area contributed by atoms with Crippen LogP contribution >= 0.6 is 11.8 Å². The zero-order chi connectivity index (χ0) is 16.6. The second kappa shape index (κ2) is 6.41. The molecule has 2 saturated heterocycles. The number of nitrogens with one attached hydrogen (secondary N) is 1. The lowest BCUT2D eigenvalue weighted by Gasteiger charge is -2.37. The Morgan fingerprint density at radius 1 is 1.35 bits per heavy atom. The second-order valence-electron chi connectivity index (χ2n) is 6.18. The van der Waals surface area contributed by atoms with E-state index in [0.29, 0.717) is 23.4 Å². The summed E-state index contributed by atoms with van der Waals surface area (Å²) in [5.74, 6) is -0.125. The SMILES string of the molecule is CSc1ncccc1C(=O)NC1CC2CCC(C1)N2S(C)(=O)=O. The van der Waals surface area contributed by atoms with Crippen molar-refractivity contribution in [3.8, 4) is 0 Å². The predicted octanol–water partition coefficient (Wildman–Crippen LogP) is 1.49. The number of hydrogen-bond donors (Lipinski definition) is 1. The van der Waals surface area contributed by atoms with Crippen molar-refractivity contribution in [1.29, 1.82) is 0 Å². The van der Waals surface area contributed by atoms with E-state index in [2.05, 4.69) is 10.3 Å². The summed E-state index contributed by atoms with van der Waals surface area (Å²) < 4.78 is 25.5. The van der Waals surface area contributed by atoms with Gasteiger partial charge < -0.3 is 5.32 Å². The van der Waals surface area contributed by atoms with Crippen LogP contribution < -0.4 is 5.32 Å². The Kier molecular flexibility index (Phi) is 4.66. The van der Waals surface area contributed by atoms with Gasteiger partial charge in [-0.15, -0.1) is 11.8 Å². The summed E-state index contributed by atoms with van der Waals surface area (Å²) >= 11 is 1.44. The van der Waals surface area contributed by atoms with Crippen LogP contribution in [0.2, 0.25) is 0 Å². The lowest BCUT2D eigenvalue weighted by molar-refractivity contribution is 0.0906. The average molecular weight is 355 g/mol. The number of aromatic nitrogens is 1. The van der Waals surface area contributed by atoms with E-state index in [9.17, 15) is 13.2 Å². The summed E-state index contributed by atoms with van der Waals surface area (Å²) in [5.41, 5.74) is 0.581. The molecule has 1 amide bonds. The van der Waals surface area contributed by atoms with Gasteiger partial charge >= 0.3 is 0 Å². The largest absolute Gasteiger partial charge is 0.349 e. The first kappa shape index (κ1) is 16.7. The number of piperidine rings is 1. The third kappa shape index (κ3) is 3.39. The standard InChI is InChI=1S/C15H21N3O3S2/c1-22-15-13(4-3-7-16-15)14(19)17-10-8-11-5-6-12(9-10)18(11)23(2,20)21/h3-4,7,10-12H,5-6,8-9H2,1-2H3,(H,17,19). The van der Waals surface area contributed by atoms with Crippen LogP contribution in [0, 0.1) is 0 Å². The van der Waals surface area contributed by atoms with E-state index >= 15 is 0 Å². The normalized spacial score (nSPS) is 27.8. The first-order valence-corrected chi connectivity index (χ1v) is 10.8. The van der Waals surface area contributed by atoms with Crippen LogP contribution in [0.25, 0.3) is 0 Å². The molecule has 23 heavy (non-hydrogen) atoms. The molecule has 2 unspecified atom stereocenters. The average Bonchev–Trinajstić information content (AvgIpc) is 2.79. The Hall–Kier alpha value is -1.12. The summed E-state index contributed by atoms with van der Waals surface area (Å²) in [6.45, 7) is 0. The van der Waals surface area contributed by atoms with Gasteiger partial charge in [0.1, 0.15) is 5.03 Å². The Labute approximate surface area is 141 Å². The number of hydrogen-bond acceptors (Lipinski definition) is 5. The van der Waals surface area contributed by atoms with E-state index in [-0.39, 0.29) is 24.0 Å². The maximum atomic E-state index is 12.5. The third-order valence-corrected chi connectivity index (χ3v) is 6.67. The summed E-state index contributed by atoms with van der Waals surface area (Å²) in [7, 11) is -3.17. The predicted molar refractivity (Wildman–Crippen MR) is 90.0 cm³/mol. The molecule has 2 atom stereocenters. The van der Waals surface area contributed by atoms with Gasteiger partial charge in [-0.1, -0.05) is 0 Å². The minimum absolute atomic E-state index is 0.0166. The van der Waals surface area contributed by atoms with Crippen molar-refractivity contribution in [2.75, 3.05) is 12.5 Å². The summed E-state index contributed by atoms with van der Waals surface area (Å²) in [6, 6.07) is 3.58. The van der Waals surface area contributed by atoms with Crippen molar-refractivity contribution >= 4 is 27.7 Å². The number of pyridine rings is 1. The molecule has 8 heteroatoms. The molecule has 1 aromatic heterocycles. The lowest BCUT2D eigenvalue weighted by Crippen LogP contribution is -2.52. The Morgan fingerprint density at radius 2 is 2.00 bits per heavy atom. The molecule has 1 aromatic rings. The summed E-state index contributed by atoms with van der Waals surface area (Å²) in [5, 5.41) is 3.78. The molecular formula is C15H21N3O3S2. The minimum Gasteiger partial charge on any atom is -0.349 e. The van der Waals surface area contributed by atoms with Crippen LogP contribution in [0.1, 0.15) is 36.0 Å². The van der Waals surface area contributed by atoms with Crippen molar-refractivity contribution in [2.24, 2.45) is 0 Å². The fourth-order valence-electron chi connectivity index (χ4n) is 3.78. The molecule has 0 radical (unpaired) electrons. The Balaban J connectivity index is 1.70. The molecule has 126 valence electrons. The summed E-state index contributed by atoms with van der Waals surface area (Å²) in [4.78, 5) is 16.7. The Bertz CT molecular complexity index is 694. The third-order valence-electron chi connectivity index (χ3n) is 4.59. The number of thioether (sulfide) groups is 1. The molecule has 0 saturated carbocycles. The number of rotatable bonds is 4. The number of fused-ring (bicyclic) bond motifs is 2. The van der Waals surface area contributed by atoms with Crippen LogP contribution in [0.15, 0.2) is 23.4 Å². The monoisotopic (exact) mass is 355 g/mol. The van der Waals surface area contributed by atoms with Gasteiger partial charge in [-0.25, -0.2) is 13.4 Å². The van der Waals surface area contributed by atoms with Crippen molar-refractivity contribution in [1.82, 2.24) is 14.6 Å². The van der Waals surface area contributed by atoms with Crippen LogP contribution in [0.5, 0.6) is 0 Å². The van der Waals surface area contributed by atoms with Crippen molar-refractivity contribution in [2.45, 2.75) is 48.8 Å². The quantitative estimate of drug-likeness (QED) is 0.828. The van der Waals surface area contributed by atoms with E-state index in [0.717, 1.165) is 12.8 Å². The maximum absolute atomic E-state index is 12.5. The van der Waals surface area contributed by atoms with Gasteiger partial charge in [-0.2, -0.15) is 4.31 Å². The molecule has 0 aliphatic carbocycles. The highest BCUT2D eigenvalue weighted by Gasteiger charge is 2.45. The molecular weight excluding hydrogens is 334 g/mol.